The molecule has 1 rings (SSSR count). The number of hydrogen-bond donors (Lipinski definition) is 1. The van der Waals surface area contributed by atoms with Crippen molar-refractivity contribution in [2.45, 2.75) is 25.2 Å². The van der Waals surface area contributed by atoms with Crippen LogP contribution in [0.3, 0.4) is 0 Å². The van der Waals surface area contributed by atoms with Gasteiger partial charge in [-0.25, -0.2) is 0 Å². The Kier molecular flexibility index (Phi) is 3.37. The number of rotatable bonds is 3. The number of ether oxygens (including phenoxy) is 2. The van der Waals surface area contributed by atoms with Crippen LogP contribution < -0.4 is 0 Å². The Hall–Kier alpha value is -0.560. The summed E-state index contributed by atoms with van der Waals surface area (Å²) >= 11 is 0. The molecule has 62 valence electrons. The molecule has 3 heteroatoms. The Balaban J connectivity index is 2.05. The molecule has 1 aliphatic rings. The molecule has 1 aliphatic heterocycles. The standard InChI is InChI=1S/C8H12O3/c1-2-5-10-6-7-3-4-8(9)11-7/h1,7-9H,3-6H2. The van der Waals surface area contributed by atoms with Crippen LogP contribution in [0.5, 0.6) is 0 Å². The summed E-state index contributed by atoms with van der Waals surface area (Å²) in [6.07, 6.45) is 5.95. The molecule has 1 fully saturated rings. The van der Waals surface area contributed by atoms with E-state index in [1.165, 1.54) is 0 Å². The van der Waals surface area contributed by atoms with Crippen LogP contribution in [-0.4, -0.2) is 30.7 Å². The maximum Gasteiger partial charge on any atom is 0.155 e. The van der Waals surface area contributed by atoms with Crippen LogP contribution in [0.4, 0.5) is 0 Å². The third kappa shape index (κ3) is 2.89. The van der Waals surface area contributed by atoms with Gasteiger partial charge in [-0.1, -0.05) is 5.92 Å². The monoisotopic (exact) mass is 156 g/mol. The summed E-state index contributed by atoms with van der Waals surface area (Å²) in [7, 11) is 0. The molecule has 0 aromatic heterocycles. The van der Waals surface area contributed by atoms with Crippen molar-refractivity contribution in [3.8, 4) is 12.3 Å². The summed E-state index contributed by atoms with van der Waals surface area (Å²) in [6.45, 7) is 0.803. The Morgan fingerprint density at radius 3 is 3.00 bits per heavy atom. The van der Waals surface area contributed by atoms with E-state index in [2.05, 4.69) is 5.92 Å². The third-order valence-corrected chi connectivity index (χ3v) is 1.57. The number of aliphatic hydroxyl groups is 1. The zero-order valence-electron chi connectivity index (χ0n) is 6.32. The van der Waals surface area contributed by atoms with Crippen molar-refractivity contribution in [3.63, 3.8) is 0 Å². The van der Waals surface area contributed by atoms with Gasteiger partial charge in [0, 0.05) is 6.42 Å². The van der Waals surface area contributed by atoms with Gasteiger partial charge in [-0.2, -0.15) is 0 Å². The molecule has 0 bridgehead atoms. The van der Waals surface area contributed by atoms with Crippen LogP contribution in [0.1, 0.15) is 12.8 Å². The lowest BCUT2D eigenvalue weighted by molar-refractivity contribution is -0.106. The van der Waals surface area contributed by atoms with Crippen molar-refractivity contribution in [2.24, 2.45) is 0 Å². The second-order valence-corrected chi connectivity index (χ2v) is 2.51. The Morgan fingerprint density at radius 2 is 2.45 bits per heavy atom. The molecule has 3 nitrogen and oxygen atoms in total. The highest BCUT2D eigenvalue weighted by Gasteiger charge is 2.22. The Morgan fingerprint density at radius 1 is 1.64 bits per heavy atom. The first kappa shape index (κ1) is 8.54. The molecule has 1 heterocycles. The lowest BCUT2D eigenvalue weighted by Gasteiger charge is -2.08. The first-order chi connectivity index (χ1) is 5.33. The van der Waals surface area contributed by atoms with Crippen LogP contribution in [-0.2, 0) is 9.47 Å². The van der Waals surface area contributed by atoms with Crippen LogP contribution in [0, 0.1) is 12.3 Å². The minimum Gasteiger partial charge on any atom is -0.368 e. The first-order valence-electron chi connectivity index (χ1n) is 3.67. The van der Waals surface area contributed by atoms with Crippen molar-refractivity contribution in [1.29, 1.82) is 0 Å². The molecule has 1 saturated heterocycles. The van der Waals surface area contributed by atoms with E-state index in [4.69, 9.17) is 21.0 Å². The highest BCUT2D eigenvalue weighted by atomic mass is 16.6. The van der Waals surface area contributed by atoms with Crippen molar-refractivity contribution >= 4 is 0 Å². The quantitative estimate of drug-likeness (QED) is 0.466. The van der Waals surface area contributed by atoms with Gasteiger partial charge in [-0.3, -0.25) is 0 Å². The minimum absolute atomic E-state index is 0.0262. The zero-order chi connectivity index (χ0) is 8.10. The first-order valence-corrected chi connectivity index (χ1v) is 3.67. The summed E-state index contributed by atoms with van der Waals surface area (Å²) < 4.78 is 10.1. The molecule has 0 amide bonds. The molecule has 2 atom stereocenters. The van der Waals surface area contributed by atoms with Gasteiger partial charge in [0.05, 0.1) is 12.7 Å². The molecule has 0 spiro atoms. The third-order valence-electron chi connectivity index (χ3n) is 1.57. The molecule has 0 saturated carbocycles. The van der Waals surface area contributed by atoms with Gasteiger partial charge >= 0.3 is 0 Å². The topological polar surface area (TPSA) is 38.7 Å². The molecular formula is C8H12O3. The molecule has 1 N–H and O–H groups in total. The number of terminal acetylenes is 1. The van der Waals surface area contributed by atoms with E-state index in [1.54, 1.807) is 0 Å². The lowest BCUT2D eigenvalue weighted by atomic mass is 10.2. The maximum atomic E-state index is 8.94. The minimum atomic E-state index is -0.602. The number of aliphatic hydroxyl groups excluding tert-OH is 1. The maximum absolute atomic E-state index is 8.94. The van der Waals surface area contributed by atoms with Crippen molar-refractivity contribution in [2.75, 3.05) is 13.2 Å². The fourth-order valence-corrected chi connectivity index (χ4v) is 1.06. The van der Waals surface area contributed by atoms with Gasteiger partial charge in [-0.05, 0) is 6.42 Å². The second-order valence-electron chi connectivity index (χ2n) is 2.51. The van der Waals surface area contributed by atoms with E-state index in [9.17, 15) is 0 Å². The van der Waals surface area contributed by atoms with E-state index < -0.39 is 6.29 Å². The summed E-state index contributed by atoms with van der Waals surface area (Å²) in [5.41, 5.74) is 0. The van der Waals surface area contributed by atoms with Gasteiger partial charge in [0.25, 0.3) is 0 Å². The van der Waals surface area contributed by atoms with E-state index in [0.29, 0.717) is 19.6 Å². The molecular weight excluding hydrogens is 144 g/mol. The van der Waals surface area contributed by atoms with Gasteiger partial charge < -0.3 is 14.6 Å². The highest BCUT2D eigenvalue weighted by Crippen LogP contribution is 2.17. The van der Waals surface area contributed by atoms with Gasteiger partial charge in [0.2, 0.25) is 0 Å². The van der Waals surface area contributed by atoms with E-state index >= 15 is 0 Å². The summed E-state index contributed by atoms with van der Waals surface area (Å²) in [6, 6.07) is 0. The second kappa shape index (κ2) is 4.35. The molecule has 0 aromatic carbocycles. The molecule has 0 aromatic rings. The zero-order valence-corrected chi connectivity index (χ0v) is 6.32. The average Bonchev–Trinajstić information content (AvgIpc) is 2.37. The average molecular weight is 156 g/mol. The van der Waals surface area contributed by atoms with E-state index in [1.807, 2.05) is 0 Å². The summed E-state index contributed by atoms with van der Waals surface area (Å²) in [5, 5.41) is 8.94. The van der Waals surface area contributed by atoms with Crippen molar-refractivity contribution in [1.82, 2.24) is 0 Å². The lowest BCUT2D eigenvalue weighted by Crippen LogP contribution is -2.16. The van der Waals surface area contributed by atoms with Crippen LogP contribution >= 0.6 is 0 Å². The number of hydrogen-bond acceptors (Lipinski definition) is 3. The smallest absolute Gasteiger partial charge is 0.155 e. The van der Waals surface area contributed by atoms with Crippen molar-refractivity contribution in [3.05, 3.63) is 0 Å². The Labute approximate surface area is 66.3 Å². The molecule has 2 unspecified atom stereocenters. The van der Waals surface area contributed by atoms with Gasteiger partial charge in [0.15, 0.2) is 6.29 Å². The molecule has 0 radical (unpaired) electrons. The predicted octanol–water partition coefficient (Wildman–Crippen LogP) is 0.134. The van der Waals surface area contributed by atoms with Gasteiger partial charge in [-0.15, -0.1) is 6.42 Å². The SMILES string of the molecule is C#CCOCC1CCC(O)O1. The fraction of sp³-hybridized carbons (Fsp3) is 0.750. The Bertz CT molecular complexity index is 150. The molecule has 11 heavy (non-hydrogen) atoms. The van der Waals surface area contributed by atoms with E-state index in [-0.39, 0.29) is 6.10 Å². The molecule has 0 aliphatic carbocycles. The normalized spacial score (nSPS) is 30.2. The summed E-state index contributed by atoms with van der Waals surface area (Å²) in [4.78, 5) is 0. The van der Waals surface area contributed by atoms with Crippen molar-refractivity contribution < 1.29 is 14.6 Å². The van der Waals surface area contributed by atoms with Crippen LogP contribution in [0.2, 0.25) is 0 Å². The van der Waals surface area contributed by atoms with Crippen LogP contribution in [0.15, 0.2) is 0 Å². The predicted molar refractivity (Wildman–Crippen MR) is 39.8 cm³/mol. The van der Waals surface area contributed by atoms with Gasteiger partial charge in [0.1, 0.15) is 6.61 Å². The fourth-order valence-electron chi connectivity index (χ4n) is 1.06. The largest absolute Gasteiger partial charge is 0.368 e. The van der Waals surface area contributed by atoms with Crippen LogP contribution in [0.25, 0.3) is 0 Å². The van der Waals surface area contributed by atoms with E-state index in [0.717, 1.165) is 6.42 Å². The highest BCUT2D eigenvalue weighted by molar-refractivity contribution is 4.83. The summed E-state index contributed by atoms with van der Waals surface area (Å²) in [5.74, 6) is 2.36.